The van der Waals surface area contributed by atoms with Crippen molar-refractivity contribution in [3.63, 3.8) is 0 Å². The van der Waals surface area contributed by atoms with Crippen LogP contribution in [0.3, 0.4) is 0 Å². The van der Waals surface area contributed by atoms with Gasteiger partial charge in [-0.1, -0.05) is 32.6 Å². The van der Waals surface area contributed by atoms with Gasteiger partial charge in [-0.2, -0.15) is 52.7 Å². The second kappa shape index (κ2) is 12.8. The molecule has 0 spiro atoms. The summed E-state index contributed by atoms with van der Waals surface area (Å²) in [7, 11) is 0. The first-order valence-corrected chi connectivity index (χ1v) is 10.4. The molecule has 0 unspecified atom stereocenters. The van der Waals surface area contributed by atoms with E-state index >= 15 is 0 Å². The molecule has 0 bridgehead atoms. The maximum absolute atomic E-state index is 13.8. The summed E-state index contributed by atoms with van der Waals surface area (Å²) in [6.45, 7) is -5.18. The molecule has 1 N–H and O–H groups in total. The minimum Gasteiger partial charge on any atom is -0.396 e. The highest BCUT2D eigenvalue weighted by molar-refractivity contribution is 5.11. The number of alkyl halides is 12. The number of aliphatic hydroxyl groups is 1. The average molecular weight is 532 g/mol. The van der Waals surface area contributed by atoms with Gasteiger partial charge in [0.25, 0.3) is 0 Å². The van der Waals surface area contributed by atoms with E-state index in [2.05, 4.69) is 9.47 Å². The van der Waals surface area contributed by atoms with Crippen LogP contribution < -0.4 is 0 Å². The van der Waals surface area contributed by atoms with Gasteiger partial charge in [-0.15, -0.1) is 0 Å². The van der Waals surface area contributed by atoms with Gasteiger partial charge < -0.3 is 14.6 Å². The van der Waals surface area contributed by atoms with Gasteiger partial charge in [-0.05, 0) is 19.3 Å². The normalized spacial score (nSPS) is 14.6. The van der Waals surface area contributed by atoms with Crippen molar-refractivity contribution in [2.45, 2.75) is 87.4 Å². The Balaban J connectivity index is 5.46. The van der Waals surface area contributed by atoms with Gasteiger partial charge in [0, 0.05) is 19.8 Å². The predicted molar refractivity (Wildman–Crippen MR) is 96.4 cm³/mol. The van der Waals surface area contributed by atoms with Crippen molar-refractivity contribution in [1.82, 2.24) is 0 Å². The predicted octanol–water partition coefficient (Wildman–Crippen LogP) is 6.57. The molecule has 0 aliphatic carbocycles. The first-order valence-electron chi connectivity index (χ1n) is 10.4. The van der Waals surface area contributed by atoms with Crippen LogP contribution >= 0.6 is 0 Å². The van der Waals surface area contributed by atoms with Gasteiger partial charge in [0.15, 0.2) is 0 Å². The molecule has 0 aliphatic rings. The molecule has 0 fully saturated rings. The third kappa shape index (κ3) is 7.28. The number of hydrogen-bond acceptors (Lipinski definition) is 3. The highest BCUT2D eigenvalue weighted by Gasteiger charge is 2.90. The van der Waals surface area contributed by atoms with Crippen LogP contribution in [0.15, 0.2) is 0 Å². The van der Waals surface area contributed by atoms with E-state index in [1.54, 1.807) is 0 Å². The Morgan fingerprint density at radius 3 is 1.21 bits per heavy atom. The summed E-state index contributed by atoms with van der Waals surface area (Å²) in [5, 5.41) is 8.46. The summed E-state index contributed by atoms with van der Waals surface area (Å²) in [5.74, 6) is -41.9. The molecule has 0 aliphatic heterocycles. The molecule has 0 atom stereocenters. The second-order valence-corrected chi connectivity index (χ2v) is 7.66. The van der Waals surface area contributed by atoms with Gasteiger partial charge in [-0.25, -0.2) is 0 Å². The maximum Gasteiger partial charge on any atom is 0.384 e. The van der Waals surface area contributed by atoms with Crippen LogP contribution in [0.4, 0.5) is 52.7 Å². The van der Waals surface area contributed by atoms with Gasteiger partial charge in [0.1, 0.15) is 13.2 Å². The van der Waals surface area contributed by atoms with Crippen molar-refractivity contribution in [2.24, 2.45) is 0 Å². The lowest BCUT2D eigenvalue weighted by atomic mass is 9.91. The zero-order valence-corrected chi connectivity index (χ0v) is 18.3. The Hall–Kier alpha value is -0.960. The van der Waals surface area contributed by atoms with Gasteiger partial charge in [-0.3, -0.25) is 0 Å². The quantitative estimate of drug-likeness (QED) is 0.151. The standard InChI is InChI=1S/C19H28F12O3/c1-2-3-4-5-7-10-33-12-14(20,21)16(24,25)18(28,29)19(30,31)17(26,27)15(22,23)13-34-11-8-6-9-32/h32H,2-13H2,1H3. The second-order valence-electron chi connectivity index (χ2n) is 7.66. The molecule has 0 aromatic heterocycles. The minimum atomic E-state index is -7.62. The van der Waals surface area contributed by atoms with E-state index in [-0.39, 0.29) is 19.3 Å². The molecule has 206 valence electrons. The van der Waals surface area contributed by atoms with Crippen LogP contribution in [-0.4, -0.2) is 73.7 Å². The molecule has 0 rings (SSSR count). The van der Waals surface area contributed by atoms with Crippen molar-refractivity contribution in [2.75, 3.05) is 33.0 Å². The van der Waals surface area contributed by atoms with Crippen molar-refractivity contribution in [3.05, 3.63) is 0 Å². The van der Waals surface area contributed by atoms with Crippen molar-refractivity contribution in [3.8, 4) is 0 Å². The van der Waals surface area contributed by atoms with Crippen molar-refractivity contribution >= 4 is 0 Å². The van der Waals surface area contributed by atoms with Gasteiger partial charge in [0.2, 0.25) is 0 Å². The van der Waals surface area contributed by atoms with E-state index in [9.17, 15) is 52.7 Å². The Morgan fingerprint density at radius 2 is 0.853 bits per heavy atom. The fourth-order valence-electron chi connectivity index (χ4n) is 2.56. The van der Waals surface area contributed by atoms with E-state index in [0.717, 1.165) is 12.8 Å². The molecule has 0 amide bonds. The molecular weight excluding hydrogens is 504 g/mol. The molecule has 0 saturated heterocycles. The number of hydrogen-bond donors (Lipinski definition) is 1. The minimum absolute atomic E-state index is 0.0385. The van der Waals surface area contributed by atoms with Crippen molar-refractivity contribution in [1.29, 1.82) is 0 Å². The van der Waals surface area contributed by atoms with Crippen LogP contribution in [0.5, 0.6) is 0 Å². The zero-order valence-electron chi connectivity index (χ0n) is 18.3. The molecule has 3 nitrogen and oxygen atoms in total. The van der Waals surface area contributed by atoms with E-state index in [1.807, 2.05) is 6.92 Å². The van der Waals surface area contributed by atoms with Crippen LogP contribution in [0.2, 0.25) is 0 Å². The largest absolute Gasteiger partial charge is 0.396 e. The number of halogens is 12. The summed E-state index contributed by atoms with van der Waals surface area (Å²) in [5.41, 5.74) is 0. The van der Waals surface area contributed by atoms with Crippen LogP contribution in [-0.2, 0) is 9.47 Å². The van der Waals surface area contributed by atoms with E-state index in [0.29, 0.717) is 12.8 Å². The highest BCUT2D eigenvalue weighted by atomic mass is 19.4. The Labute approximate surface area is 188 Å². The topological polar surface area (TPSA) is 38.7 Å². The smallest absolute Gasteiger partial charge is 0.384 e. The highest BCUT2D eigenvalue weighted by Crippen LogP contribution is 2.60. The van der Waals surface area contributed by atoms with Gasteiger partial charge in [0.05, 0.1) is 0 Å². The Bertz CT molecular complexity index is 585. The van der Waals surface area contributed by atoms with Gasteiger partial charge >= 0.3 is 35.5 Å². The zero-order chi connectivity index (χ0) is 26.9. The third-order valence-corrected chi connectivity index (χ3v) is 4.76. The average Bonchev–Trinajstić information content (AvgIpc) is 2.72. The van der Waals surface area contributed by atoms with E-state index < -0.39 is 68.6 Å². The van der Waals surface area contributed by atoms with Crippen LogP contribution in [0, 0.1) is 0 Å². The maximum atomic E-state index is 13.8. The monoisotopic (exact) mass is 532 g/mol. The molecule has 0 radical (unpaired) electrons. The molecule has 0 heterocycles. The Kier molecular flexibility index (Phi) is 12.5. The SMILES string of the molecule is CCCCCCCOCC(F)(F)C(F)(F)C(F)(F)C(F)(F)C(F)(F)C(F)(F)COCCCCO. The summed E-state index contributed by atoms with van der Waals surface area (Å²) >= 11 is 0. The fourth-order valence-corrected chi connectivity index (χ4v) is 2.56. The molecule has 0 saturated carbocycles. The number of ether oxygens (including phenoxy) is 2. The summed E-state index contributed by atoms with van der Waals surface area (Å²) in [6, 6.07) is 0. The third-order valence-electron chi connectivity index (χ3n) is 4.76. The summed E-state index contributed by atoms with van der Waals surface area (Å²) in [4.78, 5) is 0. The molecule has 15 heteroatoms. The summed E-state index contributed by atoms with van der Waals surface area (Å²) < 4.78 is 173. The molecule has 0 aromatic carbocycles. The Morgan fingerprint density at radius 1 is 0.500 bits per heavy atom. The molecule has 34 heavy (non-hydrogen) atoms. The van der Waals surface area contributed by atoms with Crippen LogP contribution in [0.1, 0.15) is 51.9 Å². The lowest BCUT2D eigenvalue weighted by Gasteiger charge is -2.41. The van der Waals surface area contributed by atoms with Crippen molar-refractivity contribution < 1.29 is 67.3 Å². The lowest BCUT2D eigenvalue weighted by Crippen LogP contribution is -2.71. The molecule has 0 aromatic rings. The first kappa shape index (κ1) is 33.0. The number of rotatable bonds is 19. The first-order chi connectivity index (χ1) is 15.4. The van der Waals surface area contributed by atoms with E-state index in [4.69, 9.17) is 5.11 Å². The number of aliphatic hydroxyl groups excluding tert-OH is 1. The van der Waals surface area contributed by atoms with Crippen LogP contribution in [0.25, 0.3) is 0 Å². The molecular formula is C19H28F12O3. The van der Waals surface area contributed by atoms with E-state index in [1.165, 1.54) is 0 Å². The lowest BCUT2D eigenvalue weighted by molar-refractivity contribution is -0.429. The number of unbranched alkanes of at least 4 members (excludes halogenated alkanes) is 5. The summed E-state index contributed by atoms with van der Waals surface area (Å²) in [6.07, 6.45) is 2.32. The fraction of sp³-hybridized carbons (Fsp3) is 1.00.